The highest BCUT2D eigenvalue weighted by atomic mass is 32.1. The van der Waals surface area contributed by atoms with Crippen LogP contribution < -0.4 is 5.32 Å². The fraction of sp³-hybridized carbons (Fsp3) is 0.333. The third kappa shape index (κ3) is 2.59. The number of nitrogens with one attached hydrogen (secondary N) is 1. The second-order valence-electron chi connectivity index (χ2n) is 4.79. The third-order valence-corrected chi connectivity index (χ3v) is 4.32. The summed E-state index contributed by atoms with van der Waals surface area (Å²) in [6, 6.07) is 13.8. The molecular weight excluding hydrogens is 226 g/mol. The molecule has 0 spiro atoms. The molecule has 0 unspecified atom stereocenters. The summed E-state index contributed by atoms with van der Waals surface area (Å²) in [4.78, 5) is 0. The lowest BCUT2D eigenvalue weighted by Gasteiger charge is -2.36. The number of hydrogen-bond acceptors (Lipinski definition) is 2. The summed E-state index contributed by atoms with van der Waals surface area (Å²) in [5, 5.41) is 7.99. The molecule has 1 heterocycles. The average Bonchev–Trinajstić information content (AvgIpc) is 2.81. The summed E-state index contributed by atoms with van der Waals surface area (Å²) < 4.78 is 0. The average molecular weight is 243 g/mol. The van der Waals surface area contributed by atoms with E-state index in [2.05, 4.69) is 52.5 Å². The van der Waals surface area contributed by atoms with E-state index in [1.165, 1.54) is 24.0 Å². The van der Waals surface area contributed by atoms with Gasteiger partial charge in [-0.1, -0.05) is 30.3 Å². The Bertz CT molecular complexity index is 443. The van der Waals surface area contributed by atoms with Crippen molar-refractivity contribution in [1.29, 1.82) is 0 Å². The molecule has 1 nitrogen and oxygen atoms in total. The van der Waals surface area contributed by atoms with E-state index in [4.69, 9.17) is 0 Å². The van der Waals surface area contributed by atoms with Gasteiger partial charge in [0.15, 0.2) is 0 Å². The lowest BCUT2D eigenvalue weighted by atomic mass is 9.76. The van der Waals surface area contributed by atoms with Gasteiger partial charge >= 0.3 is 0 Å². The fourth-order valence-corrected chi connectivity index (χ4v) is 3.11. The van der Waals surface area contributed by atoms with Crippen LogP contribution >= 0.6 is 11.3 Å². The maximum Gasteiger partial charge on any atom is 0.0216 e. The molecule has 1 aromatic heterocycles. The highest BCUT2D eigenvalue weighted by Crippen LogP contribution is 2.36. The van der Waals surface area contributed by atoms with Crippen LogP contribution in [0, 0.1) is 0 Å². The van der Waals surface area contributed by atoms with Gasteiger partial charge in [0.25, 0.3) is 0 Å². The number of benzene rings is 1. The van der Waals surface area contributed by atoms with E-state index < -0.39 is 0 Å². The SMILES string of the molecule is c1ccc(C2CC(NCc3ccsc3)C2)cc1. The smallest absolute Gasteiger partial charge is 0.0216 e. The van der Waals surface area contributed by atoms with E-state index >= 15 is 0 Å². The van der Waals surface area contributed by atoms with Gasteiger partial charge in [0.05, 0.1) is 0 Å². The molecule has 3 rings (SSSR count). The minimum Gasteiger partial charge on any atom is -0.310 e. The quantitative estimate of drug-likeness (QED) is 0.861. The Hall–Kier alpha value is -1.12. The van der Waals surface area contributed by atoms with Crippen molar-refractivity contribution in [2.75, 3.05) is 0 Å². The minimum absolute atomic E-state index is 0.708. The normalized spacial score (nSPS) is 23.3. The van der Waals surface area contributed by atoms with Crippen LogP contribution in [-0.4, -0.2) is 6.04 Å². The molecule has 2 heteroatoms. The summed E-state index contributed by atoms with van der Waals surface area (Å²) in [6.45, 7) is 1.02. The van der Waals surface area contributed by atoms with Crippen molar-refractivity contribution in [3.63, 3.8) is 0 Å². The molecule has 1 saturated carbocycles. The first-order chi connectivity index (χ1) is 8.42. The molecule has 0 amide bonds. The first-order valence-electron chi connectivity index (χ1n) is 6.21. The van der Waals surface area contributed by atoms with Gasteiger partial charge in [0.1, 0.15) is 0 Å². The molecule has 88 valence electrons. The van der Waals surface area contributed by atoms with E-state index in [9.17, 15) is 0 Å². The Morgan fingerprint density at radius 2 is 1.94 bits per heavy atom. The molecule has 0 saturated heterocycles. The van der Waals surface area contributed by atoms with Crippen molar-refractivity contribution in [3.8, 4) is 0 Å². The van der Waals surface area contributed by atoms with Gasteiger partial charge < -0.3 is 5.32 Å². The van der Waals surface area contributed by atoms with E-state index in [1.54, 1.807) is 11.3 Å². The zero-order chi connectivity index (χ0) is 11.5. The van der Waals surface area contributed by atoms with Crippen molar-refractivity contribution in [1.82, 2.24) is 5.32 Å². The molecule has 1 aromatic carbocycles. The largest absolute Gasteiger partial charge is 0.310 e. The van der Waals surface area contributed by atoms with Crippen LogP contribution in [0.4, 0.5) is 0 Å². The number of thiophene rings is 1. The predicted octanol–water partition coefficient (Wildman–Crippen LogP) is 3.78. The Labute approximate surface area is 106 Å². The zero-order valence-corrected chi connectivity index (χ0v) is 10.6. The van der Waals surface area contributed by atoms with Crippen molar-refractivity contribution in [3.05, 3.63) is 58.3 Å². The van der Waals surface area contributed by atoms with Crippen molar-refractivity contribution >= 4 is 11.3 Å². The topological polar surface area (TPSA) is 12.0 Å². The predicted molar refractivity (Wildman–Crippen MR) is 73.4 cm³/mol. The van der Waals surface area contributed by atoms with Gasteiger partial charge in [-0.3, -0.25) is 0 Å². The lowest BCUT2D eigenvalue weighted by molar-refractivity contribution is 0.289. The molecule has 0 bridgehead atoms. The lowest BCUT2D eigenvalue weighted by Crippen LogP contribution is -2.39. The highest BCUT2D eigenvalue weighted by Gasteiger charge is 2.29. The summed E-state index contributed by atoms with van der Waals surface area (Å²) in [7, 11) is 0. The molecule has 0 radical (unpaired) electrons. The zero-order valence-electron chi connectivity index (χ0n) is 9.80. The summed E-state index contributed by atoms with van der Waals surface area (Å²) >= 11 is 1.77. The Kier molecular flexibility index (Phi) is 3.25. The van der Waals surface area contributed by atoms with E-state index in [-0.39, 0.29) is 0 Å². The molecular formula is C15H17NS. The maximum absolute atomic E-state index is 3.63. The molecule has 1 aliphatic rings. The summed E-state index contributed by atoms with van der Waals surface area (Å²) in [5.41, 5.74) is 2.92. The molecule has 0 atom stereocenters. The molecule has 0 aliphatic heterocycles. The standard InChI is InChI=1S/C15H17NS/c1-2-4-13(5-3-1)14-8-15(9-14)16-10-12-6-7-17-11-12/h1-7,11,14-16H,8-10H2. The summed E-state index contributed by atoms with van der Waals surface area (Å²) in [5.74, 6) is 0.774. The first-order valence-corrected chi connectivity index (χ1v) is 7.15. The fourth-order valence-electron chi connectivity index (χ4n) is 2.44. The van der Waals surface area contributed by atoms with Crippen molar-refractivity contribution < 1.29 is 0 Å². The molecule has 1 fully saturated rings. The van der Waals surface area contributed by atoms with Crippen LogP contribution in [0.3, 0.4) is 0 Å². The molecule has 2 aromatic rings. The second kappa shape index (κ2) is 5.03. The van der Waals surface area contributed by atoms with Crippen LogP contribution in [0.2, 0.25) is 0 Å². The van der Waals surface area contributed by atoms with E-state index in [0.29, 0.717) is 6.04 Å². The first kappa shape index (κ1) is 11.0. The Balaban J connectivity index is 1.46. The Morgan fingerprint density at radius 3 is 2.65 bits per heavy atom. The maximum atomic E-state index is 3.63. The van der Waals surface area contributed by atoms with Crippen LogP contribution in [0.1, 0.15) is 29.9 Å². The van der Waals surface area contributed by atoms with Crippen molar-refractivity contribution in [2.45, 2.75) is 31.3 Å². The van der Waals surface area contributed by atoms with Gasteiger partial charge in [0, 0.05) is 12.6 Å². The van der Waals surface area contributed by atoms with Gasteiger partial charge in [-0.05, 0) is 46.7 Å². The highest BCUT2D eigenvalue weighted by molar-refractivity contribution is 7.07. The van der Waals surface area contributed by atoms with Gasteiger partial charge in [0.2, 0.25) is 0 Å². The van der Waals surface area contributed by atoms with Gasteiger partial charge in [-0.15, -0.1) is 0 Å². The Morgan fingerprint density at radius 1 is 1.12 bits per heavy atom. The molecule has 17 heavy (non-hydrogen) atoms. The molecule has 1 aliphatic carbocycles. The monoisotopic (exact) mass is 243 g/mol. The molecule has 1 N–H and O–H groups in total. The van der Waals surface area contributed by atoms with Gasteiger partial charge in [-0.2, -0.15) is 11.3 Å². The van der Waals surface area contributed by atoms with E-state index in [1.807, 2.05) is 0 Å². The number of rotatable bonds is 4. The van der Waals surface area contributed by atoms with Crippen LogP contribution in [-0.2, 0) is 6.54 Å². The summed E-state index contributed by atoms with van der Waals surface area (Å²) in [6.07, 6.45) is 2.57. The third-order valence-electron chi connectivity index (χ3n) is 3.58. The van der Waals surface area contributed by atoms with Gasteiger partial charge in [-0.25, -0.2) is 0 Å². The number of hydrogen-bond donors (Lipinski definition) is 1. The van der Waals surface area contributed by atoms with Crippen LogP contribution in [0.15, 0.2) is 47.2 Å². The second-order valence-corrected chi connectivity index (χ2v) is 5.57. The van der Waals surface area contributed by atoms with Crippen LogP contribution in [0.5, 0.6) is 0 Å². The van der Waals surface area contributed by atoms with Crippen LogP contribution in [0.25, 0.3) is 0 Å². The van der Waals surface area contributed by atoms with E-state index in [0.717, 1.165) is 12.5 Å². The minimum atomic E-state index is 0.708. The van der Waals surface area contributed by atoms with Crippen molar-refractivity contribution in [2.24, 2.45) is 0 Å².